The Balaban J connectivity index is 0.845. The summed E-state index contributed by atoms with van der Waals surface area (Å²) in [6, 6.07) is 113. The third-order valence-electron chi connectivity index (χ3n) is 16.2. The van der Waals surface area contributed by atoms with Crippen molar-refractivity contribution in [3.05, 3.63) is 332 Å². The molecule has 1 aliphatic heterocycles. The average molecular weight is 994 g/mol. The molecular weight excluding hydrogens is 943 g/mol. The monoisotopic (exact) mass is 993 g/mol. The van der Waals surface area contributed by atoms with Crippen LogP contribution in [0.5, 0.6) is 0 Å². The van der Waals surface area contributed by atoms with Crippen LogP contribution in [0.4, 0.5) is 51.2 Å². The summed E-state index contributed by atoms with van der Waals surface area (Å²) in [6.07, 6.45) is 0. The van der Waals surface area contributed by atoms with Gasteiger partial charge in [0.25, 0.3) is 0 Å². The maximum Gasteiger partial charge on any atom is 0.0713 e. The zero-order chi connectivity index (χ0) is 51.6. The van der Waals surface area contributed by atoms with Crippen LogP contribution in [0.25, 0.3) is 54.9 Å². The molecule has 1 heterocycles. The van der Waals surface area contributed by atoms with Crippen molar-refractivity contribution in [1.29, 1.82) is 0 Å². The minimum atomic E-state index is -0.463. The minimum Gasteiger partial charge on any atom is -0.311 e. The Hall–Kier alpha value is -10.2. The number of rotatable bonds is 10. The maximum atomic E-state index is 2.47. The van der Waals surface area contributed by atoms with E-state index in [9.17, 15) is 0 Å². The first-order valence-electron chi connectivity index (χ1n) is 26.9. The fraction of sp³-hybridized carbons (Fsp3) is 0.0133. The van der Waals surface area contributed by atoms with E-state index in [1.165, 1.54) is 77.3 Å². The number of para-hydroxylation sites is 3. The molecule has 13 aromatic carbocycles. The second-order valence-corrected chi connectivity index (χ2v) is 20.4. The highest BCUT2D eigenvalue weighted by Crippen LogP contribution is 2.58. The summed E-state index contributed by atoms with van der Waals surface area (Å²) in [4.78, 5) is 7.19. The fourth-order valence-electron chi connectivity index (χ4n) is 12.8. The number of benzene rings is 13. The zero-order valence-electron chi connectivity index (χ0n) is 42.8. The molecule has 0 N–H and O–H groups in total. The summed E-state index contributed by atoms with van der Waals surface area (Å²) in [6.45, 7) is 0. The molecule has 0 saturated carbocycles. The van der Waals surface area contributed by atoms with Crippen molar-refractivity contribution in [2.75, 3.05) is 14.7 Å². The van der Waals surface area contributed by atoms with Crippen molar-refractivity contribution in [3.63, 3.8) is 0 Å². The van der Waals surface area contributed by atoms with Gasteiger partial charge < -0.3 is 14.7 Å². The van der Waals surface area contributed by atoms with Gasteiger partial charge in [-0.2, -0.15) is 0 Å². The van der Waals surface area contributed by atoms with Crippen molar-refractivity contribution in [3.8, 4) is 33.4 Å². The molecule has 0 saturated heterocycles. The van der Waals surface area contributed by atoms with Crippen molar-refractivity contribution in [2.45, 2.75) is 5.41 Å². The molecule has 0 bridgehead atoms. The van der Waals surface area contributed by atoms with E-state index in [-0.39, 0.29) is 0 Å². The summed E-state index contributed by atoms with van der Waals surface area (Å²) in [5.41, 5.74) is 22.0. The fourth-order valence-corrected chi connectivity index (χ4v) is 12.8. The van der Waals surface area contributed by atoms with Gasteiger partial charge >= 0.3 is 0 Å². The van der Waals surface area contributed by atoms with Crippen LogP contribution in [0.15, 0.2) is 309 Å². The van der Waals surface area contributed by atoms with E-state index in [1.54, 1.807) is 0 Å². The topological polar surface area (TPSA) is 9.72 Å². The highest BCUT2D eigenvalue weighted by atomic mass is 15.2. The Bertz CT molecular complexity index is 4270. The van der Waals surface area contributed by atoms with Gasteiger partial charge in [-0.3, -0.25) is 0 Å². The lowest BCUT2D eigenvalue weighted by Crippen LogP contribution is -2.28. The first-order valence-corrected chi connectivity index (χ1v) is 26.9. The summed E-state index contributed by atoms with van der Waals surface area (Å²) < 4.78 is 0. The Morgan fingerprint density at radius 1 is 0.269 bits per heavy atom. The molecule has 0 aromatic heterocycles. The van der Waals surface area contributed by atoms with Crippen LogP contribution in [0.1, 0.15) is 22.3 Å². The van der Waals surface area contributed by atoms with E-state index >= 15 is 0 Å². The molecule has 1 aliphatic carbocycles. The normalized spacial score (nSPS) is 12.7. The quantitative estimate of drug-likeness (QED) is 0.135. The largest absolute Gasteiger partial charge is 0.311 e. The third-order valence-corrected chi connectivity index (χ3v) is 16.2. The second kappa shape index (κ2) is 18.6. The van der Waals surface area contributed by atoms with E-state index in [4.69, 9.17) is 0 Å². The lowest BCUT2D eigenvalue weighted by Gasteiger charge is -2.35. The van der Waals surface area contributed by atoms with Gasteiger partial charge in [-0.25, -0.2) is 0 Å². The second-order valence-electron chi connectivity index (χ2n) is 20.4. The first-order chi connectivity index (χ1) is 38.7. The average Bonchev–Trinajstić information content (AvgIpc) is 4.03. The van der Waals surface area contributed by atoms with Crippen molar-refractivity contribution < 1.29 is 0 Å². The summed E-state index contributed by atoms with van der Waals surface area (Å²) in [7, 11) is 0. The molecule has 2 aliphatic rings. The number of hydrogen-bond donors (Lipinski definition) is 0. The highest BCUT2D eigenvalue weighted by molar-refractivity contribution is 6.18. The molecule has 0 atom stereocenters. The SMILES string of the molecule is c1ccc(N(c2ccccc2)c2ccc(N3c4cc5ccccc5cc4-c4cccc5c(-c6ccc(N(c7ccccc7)c7ccc8c(c7)-c7ccccc7C8(c7ccccc7)c7ccccc7)cc6)ccc3c45)cc2)cc1. The van der Waals surface area contributed by atoms with E-state index in [0.29, 0.717) is 0 Å². The predicted octanol–water partition coefficient (Wildman–Crippen LogP) is 20.4. The molecule has 0 amide bonds. The molecule has 78 heavy (non-hydrogen) atoms. The van der Waals surface area contributed by atoms with E-state index in [1.807, 2.05) is 0 Å². The van der Waals surface area contributed by atoms with Crippen LogP contribution < -0.4 is 14.7 Å². The molecule has 15 rings (SSSR count). The Kier molecular flexibility index (Phi) is 10.8. The Labute approximate surface area is 455 Å². The van der Waals surface area contributed by atoms with Crippen molar-refractivity contribution >= 4 is 72.7 Å². The molecule has 366 valence electrons. The van der Waals surface area contributed by atoms with Gasteiger partial charge in [0, 0.05) is 50.8 Å². The van der Waals surface area contributed by atoms with Gasteiger partial charge in [-0.1, -0.05) is 206 Å². The lowest BCUT2D eigenvalue weighted by atomic mass is 9.68. The number of hydrogen-bond acceptors (Lipinski definition) is 3. The van der Waals surface area contributed by atoms with Crippen LogP contribution in [0.2, 0.25) is 0 Å². The highest BCUT2D eigenvalue weighted by Gasteiger charge is 2.46. The van der Waals surface area contributed by atoms with Gasteiger partial charge in [0.1, 0.15) is 0 Å². The molecule has 0 radical (unpaired) electrons. The van der Waals surface area contributed by atoms with Gasteiger partial charge in [0.2, 0.25) is 0 Å². The third kappa shape index (κ3) is 7.20. The smallest absolute Gasteiger partial charge is 0.0713 e. The molecular formula is C75H51N3. The number of fused-ring (bicyclic) bond motifs is 6. The van der Waals surface area contributed by atoms with Gasteiger partial charge in [-0.15, -0.1) is 0 Å². The molecule has 3 heteroatoms. The first kappa shape index (κ1) is 45.2. The van der Waals surface area contributed by atoms with Gasteiger partial charge in [0.05, 0.1) is 16.8 Å². The summed E-state index contributed by atoms with van der Waals surface area (Å²) >= 11 is 0. The lowest BCUT2D eigenvalue weighted by molar-refractivity contribution is 0.768. The number of anilines is 9. The summed E-state index contributed by atoms with van der Waals surface area (Å²) in [5, 5.41) is 4.90. The van der Waals surface area contributed by atoms with Crippen molar-refractivity contribution in [2.24, 2.45) is 0 Å². The molecule has 0 fully saturated rings. The number of nitrogens with zero attached hydrogens (tertiary/aromatic N) is 3. The van der Waals surface area contributed by atoms with Gasteiger partial charge in [-0.05, 0) is 169 Å². The van der Waals surface area contributed by atoms with Crippen LogP contribution in [0.3, 0.4) is 0 Å². The van der Waals surface area contributed by atoms with Crippen LogP contribution >= 0.6 is 0 Å². The van der Waals surface area contributed by atoms with Crippen LogP contribution in [0, 0.1) is 0 Å². The molecule has 0 spiro atoms. The Morgan fingerprint density at radius 2 is 0.744 bits per heavy atom. The molecule has 0 unspecified atom stereocenters. The minimum absolute atomic E-state index is 0.463. The van der Waals surface area contributed by atoms with E-state index < -0.39 is 5.41 Å². The van der Waals surface area contributed by atoms with Crippen LogP contribution in [-0.4, -0.2) is 0 Å². The van der Waals surface area contributed by atoms with E-state index in [0.717, 1.165) is 51.1 Å². The Morgan fingerprint density at radius 3 is 1.36 bits per heavy atom. The van der Waals surface area contributed by atoms with Crippen molar-refractivity contribution in [1.82, 2.24) is 0 Å². The molecule has 3 nitrogen and oxygen atoms in total. The van der Waals surface area contributed by atoms with E-state index in [2.05, 4.69) is 324 Å². The van der Waals surface area contributed by atoms with Gasteiger partial charge in [0.15, 0.2) is 0 Å². The molecule has 13 aromatic rings. The van der Waals surface area contributed by atoms with Crippen LogP contribution in [-0.2, 0) is 5.41 Å². The standard InChI is InChI=1S/C75H51N3/c1-6-23-55(24-7-1)75(56-25-8-2-9-26-56)70-36-19-18-33-65(70)68-51-63(45-47-71(68)75)77(59-31-14-5-15-32-59)60-39-37-52(38-40-60)64-46-48-72-74-66(64)34-20-35-67(74)69-49-53-21-16-17-22-54(53)50-73(69)78(72)62-43-41-61(42-44-62)76(57-27-10-3-11-28-57)58-29-12-4-13-30-58/h1-51H. The predicted molar refractivity (Wildman–Crippen MR) is 327 cm³/mol. The summed E-state index contributed by atoms with van der Waals surface area (Å²) in [5.74, 6) is 0. The maximum absolute atomic E-state index is 2.47. The zero-order valence-corrected chi connectivity index (χ0v) is 42.8.